The van der Waals surface area contributed by atoms with Crippen LogP contribution >= 0.6 is 0 Å². The highest BCUT2D eigenvalue weighted by Gasteiger charge is 2.30. The second kappa shape index (κ2) is 2.88. The molecule has 0 atom stereocenters. The van der Waals surface area contributed by atoms with Crippen LogP contribution in [0.15, 0.2) is 18.3 Å². The molecule has 0 bridgehead atoms. The molecule has 0 fully saturated rings. The first-order chi connectivity index (χ1) is 6.89. The van der Waals surface area contributed by atoms with Gasteiger partial charge >= 0.3 is 6.18 Å². The van der Waals surface area contributed by atoms with Crippen molar-refractivity contribution in [3.8, 4) is 0 Å². The molecule has 0 saturated heterocycles. The molecule has 0 unspecified atom stereocenters. The Kier molecular flexibility index (Phi) is 1.89. The molecule has 0 aliphatic carbocycles. The van der Waals surface area contributed by atoms with Gasteiger partial charge < -0.3 is 5.73 Å². The summed E-state index contributed by atoms with van der Waals surface area (Å²) in [5, 5.41) is 0. The van der Waals surface area contributed by atoms with Gasteiger partial charge in [-0.15, -0.1) is 0 Å². The first-order valence-electron chi connectivity index (χ1n) is 4.21. The Morgan fingerprint density at radius 1 is 1.40 bits per heavy atom. The number of anilines is 1. The molecule has 3 nitrogen and oxygen atoms in total. The molecule has 0 spiro atoms. The third-order valence-electron chi connectivity index (χ3n) is 2.17. The van der Waals surface area contributed by atoms with Crippen molar-refractivity contribution < 1.29 is 13.2 Å². The summed E-state index contributed by atoms with van der Waals surface area (Å²) in [5.41, 5.74) is 5.63. The summed E-state index contributed by atoms with van der Waals surface area (Å²) in [6, 6.07) is 1.95. The topological polar surface area (TPSA) is 43.3 Å². The standard InChI is InChI=1S/C9H8F3N3/c1-5-8(13)15-3-2-6(9(10,11)12)4-7(15)14-5/h2-4H,13H2,1H3. The minimum Gasteiger partial charge on any atom is -0.383 e. The molecule has 0 aliphatic heterocycles. The van der Waals surface area contributed by atoms with Crippen molar-refractivity contribution in [3.63, 3.8) is 0 Å². The van der Waals surface area contributed by atoms with Crippen molar-refractivity contribution in [2.24, 2.45) is 0 Å². The number of imidazole rings is 1. The Hall–Kier alpha value is -1.72. The van der Waals surface area contributed by atoms with E-state index in [1.54, 1.807) is 6.92 Å². The highest BCUT2D eigenvalue weighted by molar-refractivity contribution is 5.53. The summed E-state index contributed by atoms with van der Waals surface area (Å²) in [6.45, 7) is 1.65. The number of nitrogens with two attached hydrogens (primary N) is 1. The molecule has 0 amide bonds. The fourth-order valence-corrected chi connectivity index (χ4v) is 1.36. The lowest BCUT2D eigenvalue weighted by molar-refractivity contribution is -0.137. The van der Waals surface area contributed by atoms with E-state index in [4.69, 9.17) is 5.73 Å². The molecule has 2 aromatic heterocycles. The van der Waals surface area contributed by atoms with E-state index in [-0.39, 0.29) is 5.65 Å². The first-order valence-corrected chi connectivity index (χ1v) is 4.21. The van der Waals surface area contributed by atoms with Crippen LogP contribution in [0.1, 0.15) is 11.3 Å². The molecule has 0 saturated carbocycles. The Labute approximate surface area is 83.3 Å². The molecule has 80 valence electrons. The van der Waals surface area contributed by atoms with Gasteiger partial charge in [0.2, 0.25) is 0 Å². The number of hydrogen-bond acceptors (Lipinski definition) is 2. The highest BCUT2D eigenvalue weighted by atomic mass is 19.4. The third kappa shape index (κ3) is 1.51. The number of fused-ring (bicyclic) bond motifs is 1. The van der Waals surface area contributed by atoms with Crippen molar-refractivity contribution >= 4 is 11.5 Å². The Bertz CT molecular complexity index is 513. The van der Waals surface area contributed by atoms with Crippen LogP contribution in [0, 0.1) is 6.92 Å². The smallest absolute Gasteiger partial charge is 0.383 e. The molecule has 15 heavy (non-hydrogen) atoms. The minimum absolute atomic E-state index is 0.208. The number of aryl methyl sites for hydroxylation is 1. The second-order valence-corrected chi connectivity index (χ2v) is 3.22. The van der Waals surface area contributed by atoms with Gasteiger partial charge in [-0.05, 0) is 19.1 Å². The number of aromatic nitrogens is 2. The predicted octanol–water partition coefficient (Wildman–Crippen LogP) is 2.24. The summed E-state index contributed by atoms with van der Waals surface area (Å²) >= 11 is 0. The van der Waals surface area contributed by atoms with Gasteiger partial charge in [0.1, 0.15) is 11.5 Å². The van der Waals surface area contributed by atoms with E-state index in [0.29, 0.717) is 11.5 Å². The minimum atomic E-state index is -4.35. The zero-order valence-corrected chi connectivity index (χ0v) is 7.84. The number of alkyl halides is 3. The molecule has 0 aliphatic rings. The van der Waals surface area contributed by atoms with Crippen LogP contribution in [0.3, 0.4) is 0 Å². The third-order valence-corrected chi connectivity index (χ3v) is 2.17. The molecule has 2 aromatic rings. The normalized spacial score (nSPS) is 12.3. The Balaban J connectivity index is 2.67. The van der Waals surface area contributed by atoms with Crippen LogP contribution in [0.25, 0.3) is 5.65 Å². The zero-order valence-electron chi connectivity index (χ0n) is 7.84. The fourth-order valence-electron chi connectivity index (χ4n) is 1.36. The Morgan fingerprint density at radius 2 is 2.07 bits per heavy atom. The van der Waals surface area contributed by atoms with Gasteiger partial charge in [-0.1, -0.05) is 0 Å². The quantitative estimate of drug-likeness (QED) is 0.732. The molecule has 2 heterocycles. The maximum atomic E-state index is 12.4. The molecule has 2 N–H and O–H groups in total. The zero-order chi connectivity index (χ0) is 11.2. The van der Waals surface area contributed by atoms with Gasteiger partial charge in [0, 0.05) is 6.20 Å². The van der Waals surface area contributed by atoms with Crippen molar-refractivity contribution in [2.45, 2.75) is 13.1 Å². The maximum Gasteiger partial charge on any atom is 0.416 e. The second-order valence-electron chi connectivity index (χ2n) is 3.22. The fraction of sp³-hybridized carbons (Fsp3) is 0.222. The van der Waals surface area contributed by atoms with E-state index in [1.165, 1.54) is 10.6 Å². The van der Waals surface area contributed by atoms with E-state index < -0.39 is 11.7 Å². The van der Waals surface area contributed by atoms with Gasteiger partial charge in [0.25, 0.3) is 0 Å². The van der Waals surface area contributed by atoms with E-state index in [1.807, 2.05) is 0 Å². The predicted molar refractivity (Wildman–Crippen MR) is 49.3 cm³/mol. The Morgan fingerprint density at radius 3 is 2.67 bits per heavy atom. The number of pyridine rings is 1. The molecule has 0 aromatic carbocycles. The van der Waals surface area contributed by atoms with Crippen LogP contribution in [0.2, 0.25) is 0 Å². The lowest BCUT2D eigenvalue weighted by atomic mass is 10.2. The van der Waals surface area contributed by atoms with Crippen LogP contribution < -0.4 is 5.73 Å². The van der Waals surface area contributed by atoms with Gasteiger partial charge in [-0.3, -0.25) is 4.40 Å². The van der Waals surface area contributed by atoms with Gasteiger partial charge in [0.15, 0.2) is 0 Å². The van der Waals surface area contributed by atoms with Crippen molar-refractivity contribution in [2.75, 3.05) is 5.73 Å². The lowest BCUT2D eigenvalue weighted by Crippen LogP contribution is -2.05. The highest BCUT2D eigenvalue weighted by Crippen LogP contribution is 2.30. The van der Waals surface area contributed by atoms with Crippen molar-refractivity contribution in [1.82, 2.24) is 9.38 Å². The molecule has 6 heteroatoms. The largest absolute Gasteiger partial charge is 0.416 e. The summed E-state index contributed by atoms with van der Waals surface area (Å²) in [7, 11) is 0. The summed E-state index contributed by atoms with van der Waals surface area (Å²) in [5.74, 6) is 0.360. The molecule has 2 rings (SSSR count). The average molecular weight is 215 g/mol. The molecular formula is C9H8F3N3. The van der Waals surface area contributed by atoms with Crippen LogP contribution in [0.4, 0.5) is 19.0 Å². The van der Waals surface area contributed by atoms with Crippen LogP contribution in [-0.4, -0.2) is 9.38 Å². The van der Waals surface area contributed by atoms with Gasteiger partial charge in [-0.25, -0.2) is 4.98 Å². The average Bonchev–Trinajstić information content (AvgIpc) is 2.41. The monoisotopic (exact) mass is 215 g/mol. The number of nitrogens with zero attached hydrogens (tertiary/aromatic N) is 2. The van der Waals surface area contributed by atoms with E-state index in [2.05, 4.69) is 4.98 Å². The van der Waals surface area contributed by atoms with Crippen molar-refractivity contribution in [3.05, 3.63) is 29.6 Å². The first kappa shape index (κ1) is 9.82. The number of rotatable bonds is 0. The molecule has 0 radical (unpaired) electrons. The van der Waals surface area contributed by atoms with Crippen LogP contribution in [0.5, 0.6) is 0 Å². The summed E-state index contributed by atoms with van der Waals surface area (Å²) in [4.78, 5) is 3.92. The van der Waals surface area contributed by atoms with E-state index in [9.17, 15) is 13.2 Å². The number of nitrogen functional groups attached to an aromatic ring is 1. The summed E-state index contributed by atoms with van der Waals surface area (Å²) in [6.07, 6.45) is -3.08. The van der Waals surface area contributed by atoms with Gasteiger partial charge in [-0.2, -0.15) is 13.2 Å². The van der Waals surface area contributed by atoms with Crippen molar-refractivity contribution in [1.29, 1.82) is 0 Å². The SMILES string of the molecule is Cc1nc2cc(C(F)(F)F)ccn2c1N. The van der Waals surface area contributed by atoms with Gasteiger partial charge in [0.05, 0.1) is 11.3 Å². The van der Waals surface area contributed by atoms with Crippen LogP contribution in [-0.2, 0) is 6.18 Å². The summed E-state index contributed by atoms with van der Waals surface area (Å²) < 4.78 is 38.5. The maximum absolute atomic E-state index is 12.4. The number of halogens is 3. The molecular weight excluding hydrogens is 207 g/mol. The lowest BCUT2D eigenvalue weighted by Gasteiger charge is -2.06. The van der Waals surface area contributed by atoms with E-state index >= 15 is 0 Å². The number of hydrogen-bond donors (Lipinski definition) is 1. The van der Waals surface area contributed by atoms with E-state index in [0.717, 1.165) is 12.1 Å².